The SMILES string of the molecule is CC(C)(C)OC(=O)c1ccc(Cl)cc1I. The topological polar surface area (TPSA) is 26.3 Å². The van der Waals surface area contributed by atoms with Crippen LogP contribution in [0.3, 0.4) is 0 Å². The molecule has 0 aliphatic heterocycles. The number of hydrogen-bond donors (Lipinski definition) is 0. The average Bonchev–Trinajstić information content (AvgIpc) is 1.99. The Morgan fingerprint density at radius 1 is 1.40 bits per heavy atom. The van der Waals surface area contributed by atoms with Crippen molar-refractivity contribution in [1.29, 1.82) is 0 Å². The zero-order valence-corrected chi connectivity index (χ0v) is 11.7. The van der Waals surface area contributed by atoms with Crippen molar-refractivity contribution in [2.24, 2.45) is 0 Å². The van der Waals surface area contributed by atoms with Gasteiger partial charge >= 0.3 is 5.97 Å². The third-order valence-corrected chi connectivity index (χ3v) is 2.68. The summed E-state index contributed by atoms with van der Waals surface area (Å²) in [5, 5.41) is 0.617. The molecule has 1 aromatic rings. The molecule has 0 radical (unpaired) electrons. The van der Waals surface area contributed by atoms with Crippen LogP contribution in [0.25, 0.3) is 0 Å². The fourth-order valence-electron chi connectivity index (χ4n) is 0.988. The van der Waals surface area contributed by atoms with Crippen LogP contribution in [0, 0.1) is 3.57 Å². The van der Waals surface area contributed by atoms with Crippen LogP contribution in [0.1, 0.15) is 31.1 Å². The van der Waals surface area contributed by atoms with Crippen molar-refractivity contribution in [3.63, 3.8) is 0 Å². The molecule has 0 saturated heterocycles. The van der Waals surface area contributed by atoms with Crippen molar-refractivity contribution in [2.45, 2.75) is 26.4 Å². The largest absolute Gasteiger partial charge is 0.456 e. The van der Waals surface area contributed by atoms with Crippen LogP contribution in [0.4, 0.5) is 0 Å². The Kier molecular flexibility index (Phi) is 4.00. The Bertz CT molecular complexity index is 383. The fraction of sp³-hybridized carbons (Fsp3) is 0.364. The average molecular weight is 339 g/mol. The summed E-state index contributed by atoms with van der Waals surface area (Å²) >= 11 is 7.87. The number of hydrogen-bond acceptors (Lipinski definition) is 2. The highest BCUT2D eigenvalue weighted by Crippen LogP contribution is 2.20. The number of benzene rings is 1. The van der Waals surface area contributed by atoms with E-state index in [0.29, 0.717) is 10.6 Å². The number of ether oxygens (including phenoxy) is 1. The van der Waals surface area contributed by atoms with E-state index in [0.717, 1.165) is 3.57 Å². The van der Waals surface area contributed by atoms with Crippen LogP contribution in [0.15, 0.2) is 18.2 Å². The molecule has 0 bridgehead atoms. The molecule has 0 atom stereocenters. The fourth-order valence-corrected chi connectivity index (χ4v) is 2.08. The number of esters is 1. The van der Waals surface area contributed by atoms with Gasteiger partial charge in [-0.15, -0.1) is 0 Å². The van der Waals surface area contributed by atoms with E-state index in [9.17, 15) is 4.79 Å². The molecule has 0 aromatic heterocycles. The van der Waals surface area contributed by atoms with Gasteiger partial charge in [0.1, 0.15) is 5.60 Å². The zero-order chi connectivity index (χ0) is 11.6. The van der Waals surface area contributed by atoms with E-state index in [1.807, 2.05) is 20.8 Å². The lowest BCUT2D eigenvalue weighted by molar-refractivity contribution is 0.00683. The number of rotatable bonds is 1. The van der Waals surface area contributed by atoms with E-state index in [2.05, 4.69) is 22.6 Å². The normalized spacial score (nSPS) is 11.3. The van der Waals surface area contributed by atoms with Gasteiger partial charge in [0, 0.05) is 8.59 Å². The maximum absolute atomic E-state index is 11.7. The smallest absolute Gasteiger partial charge is 0.339 e. The third-order valence-electron chi connectivity index (χ3n) is 1.55. The van der Waals surface area contributed by atoms with Crippen LogP contribution < -0.4 is 0 Å². The molecular weight excluding hydrogens is 326 g/mol. The molecule has 0 fully saturated rings. The van der Waals surface area contributed by atoms with Gasteiger partial charge in [0.05, 0.1) is 5.56 Å². The second-order valence-corrected chi connectivity index (χ2v) is 5.72. The summed E-state index contributed by atoms with van der Waals surface area (Å²) in [6.45, 7) is 5.52. The Hall–Kier alpha value is -0.290. The molecule has 0 saturated carbocycles. The van der Waals surface area contributed by atoms with Gasteiger partial charge in [-0.3, -0.25) is 0 Å². The highest BCUT2D eigenvalue weighted by molar-refractivity contribution is 14.1. The molecule has 1 aromatic carbocycles. The van der Waals surface area contributed by atoms with Crippen LogP contribution in [0.2, 0.25) is 5.02 Å². The summed E-state index contributed by atoms with van der Waals surface area (Å²) in [6, 6.07) is 5.10. The van der Waals surface area contributed by atoms with Gasteiger partial charge in [0.15, 0.2) is 0 Å². The molecule has 0 amide bonds. The zero-order valence-electron chi connectivity index (χ0n) is 8.80. The van der Waals surface area contributed by atoms with Crippen LogP contribution in [0.5, 0.6) is 0 Å². The minimum atomic E-state index is -0.472. The maximum atomic E-state index is 11.7. The maximum Gasteiger partial charge on any atom is 0.339 e. The minimum absolute atomic E-state index is 0.316. The number of carbonyl (C=O) groups is 1. The lowest BCUT2D eigenvalue weighted by atomic mass is 10.2. The summed E-state index contributed by atoms with van der Waals surface area (Å²) in [5.41, 5.74) is 0.0784. The molecule has 0 aliphatic rings. The van der Waals surface area contributed by atoms with Crippen molar-refractivity contribution in [2.75, 3.05) is 0 Å². The van der Waals surface area contributed by atoms with E-state index in [4.69, 9.17) is 16.3 Å². The Labute approximate surface area is 108 Å². The van der Waals surface area contributed by atoms with Crippen LogP contribution in [-0.2, 0) is 4.74 Å². The van der Waals surface area contributed by atoms with Gasteiger partial charge < -0.3 is 4.74 Å². The van der Waals surface area contributed by atoms with Gasteiger partial charge in [-0.25, -0.2) is 4.79 Å². The van der Waals surface area contributed by atoms with Gasteiger partial charge in [0.2, 0.25) is 0 Å². The Morgan fingerprint density at radius 2 is 2.00 bits per heavy atom. The van der Waals surface area contributed by atoms with E-state index in [1.165, 1.54) is 0 Å². The van der Waals surface area contributed by atoms with Crippen molar-refractivity contribution < 1.29 is 9.53 Å². The summed E-state index contributed by atoms with van der Waals surface area (Å²) in [7, 11) is 0. The standard InChI is InChI=1S/C11H12ClIO2/c1-11(2,3)15-10(14)8-5-4-7(12)6-9(8)13/h4-6H,1-3H3. The summed E-state index contributed by atoms with van der Waals surface area (Å²) < 4.78 is 6.06. The van der Waals surface area contributed by atoms with E-state index in [1.54, 1.807) is 18.2 Å². The third kappa shape index (κ3) is 3.99. The van der Waals surface area contributed by atoms with Crippen molar-refractivity contribution in [3.8, 4) is 0 Å². The molecule has 15 heavy (non-hydrogen) atoms. The molecule has 82 valence electrons. The second kappa shape index (κ2) is 4.70. The molecule has 0 N–H and O–H groups in total. The molecular formula is C11H12ClIO2. The van der Waals surface area contributed by atoms with Gasteiger partial charge in [-0.05, 0) is 61.6 Å². The van der Waals surface area contributed by atoms with Gasteiger partial charge in [-0.1, -0.05) is 11.6 Å². The van der Waals surface area contributed by atoms with E-state index < -0.39 is 5.60 Å². The first-order valence-corrected chi connectivity index (χ1v) is 5.94. The first kappa shape index (κ1) is 12.8. The summed E-state index contributed by atoms with van der Waals surface area (Å²) in [4.78, 5) is 11.7. The Balaban J connectivity index is 2.92. The molecule has 0 heterocycles. The van der Waals surface area contributed by atoms with E-state index in [-0.39, 0.29) is 5.97 Å². The first-order valence-electron chi connectivity index (χ1n) is 4.48. The number of carbonyl (C=O) groups excluding carboxylic acids is 1. The van der Waals surface area contributed by atoms with Gasteiger partial charge in [-0.2, -0.15) is 0 Å². The summed E-state index contributed by atoms with van der Waals surface area (Å²) in [5.74, 6) is -0.316. The molecule has 0 unspecified atom stereocenters. The van der Waals surface area contributed by atoms with Gasteiger partial charge in [0.25, 0.3) is 0 Å². The van der Waals surface area contributed by atoms with Crippen molar-refractivity contribution >= 4 is 40.2 Å². The predicted octanol–water partition coefficient (Wildman–Crippen LogP) is 3.90. The minimum Gasteiger partial charge on any atom is -0.456 e. The predicted molar refractivity (Wildman–Crippen MR) is 69.3 cm³/mol. The summed E-state index contributed by atoms with van der Waals surface area (Å²) in [6.07, 6.45) is 0. The first-order chi connectivity index (χ1) is 6.79. The van der Waals surface area contributed by atoms with Crippen LogP contribution >= 0.6 is 34.2 Å². The van der Waals surface area contributed by atoms with Crippen LogP contribution in [-0.4, -0.2) is 11.6 Å². The molecule has 4 heteroatoms. The lowest BCUT2D eigenvalue weighted by Gasteiger charge is -2.19. The van der Waals surface area contributed by atoms with Crippen molar-refractivity contribution in [3.05, 3.63) is 32.4 Å². The molecule has 2 nitrogen and oxygen atoms in total. The highest BCUT2D eigenvalue weighted by atomic mass is 127. The molecule has 0 spiro atoms. The second-order valence-electron chi connectivity index (χ2n) is 4.13. The monoisotopic (exact) mass is 338 g/mol. The lowest BCUT2D eigenvalue weighted by Crippen LogP contribution is -2.24. The highest BCUT2D eigenvalue weighted by Gasteiger charge is 2.19. The quantitative estimate of drug-likeness (QED) is 0.573. The van der Waals surface area contributed by atoms with E-state index >= 15 is 0 Å². The molecule has 1 rings (SSSR count). The molecule has 0 aliphatic carbocycles. The Morgan fingerprint density at radius 3 is 2.47 bits per heavy atom. The van der Waals surface area contributed by atoms with Crippen molar-refractivity contribution in [1.82, 2.24) is 0 Å². The number of halogens is 2.